The van der Waals surface area contributed by atoms with E-state index in [1.807, 2.05) is 0 Å². The van der Waals surface area contributed by atoms with E-state index < -0.39 is 57.8 Å². The summed E-state index contributed by atoms with van der Waals surface area (Å²) < 4.78 is 39.7. The number of hydrogen-bond acceptors (Lipinski definition) is 10. The number of allylic oxidation sites excluding steroid dienone is 2. The number of carbonyl (C=O) groups excluding carboxylic acids is 3. The van der Waals surface area contributed by atoms with Gasteiger partial charge in [0.05, 0.1) is 19.8 Å². The molecule has 0 radical (unpaired) electrons. The molecule has 3 unspecified atom stereocenters. The zero-order valence-electron chi connectivity index (χ0n) is 48.6. The summed E-state index contributed by atoms with van der Waals surface area (Å²) in [7, 11) is -4.74. The molecule has 0 aromatic carbocycles. The zero-order chi connectivity index (χ0) is 54.1. The van der Waals surface area contributed by atoms with Crippen molar-refractivity contribution in [2.75, 3.05) is 26.4 Å². The molecule has 0 heterocycles. The minimum absolute atomic E-state index is 0.170. The Kier molecular flexibility index (Phi) is 56.0. The molecule has 11 nitrogen and oxygen atoms in total. The average Bonchev–Trinajstić information content (AvgIpc) is 3.39. The largest absolute Gasteiger partial charge is 0.472 e. The van der Waals surface area contributed by atoms with Gasteiger partial charge in [0.25, 0.3) is 0 Å². The van der Waals surface area contributed by atoms with Crippen LogP contribution in [0.3, 0.4) is 0 Å². The van der Waals surface area contributed by atoms with E-state index >= 15 is 0 Å². The van der Waals surface area contributed by atoms with Crippen LogP contribution in [0.2, 0.25) is 0 Å². The number of aliphatic hydroxyl groups is 1. The fourth-order valence-corrected chi connectivity index (χ4v) is 10.1. The first-order valence-corrected chi connectivity index (χ1v) is 33.1. The third-order valence-electron chi connectivity index (χ3n) is 14.2. The van der Waals surface area contributed by atoms with E-state index in [2.05, 4.69) is 32.9 Å². The summed E-state index contributed by atoms with van der Waals surface area (Å²) in [5.74, 6) is -1.43. The van der Waals surface area contributed by atoms with Crippen LogP contribution in [0.25, 0.3) is 0 Å². The Morgan fingerprint density at radius 3 is 0.932 bits per heavy atom. The van der Waals surface area contributed by atoms with Crippen molar-refractivity contribution in [3.63, 3.8) is 0 Å². The highest BCUT2D eigenvalue weighted by molar-refractivity contribution is 7.47. The molecule has 0 bridgehead atoms. The van der Waals surface area contributed by atoms with Crippen LogP contribution in [0.5, 0.6) is 0 Å². The molecule has 0 spiro atoms. The molecule has 0 fully saturated rings. The van der Waals surface area contributed by atoms with Crippen LogP contribution in [0.4, 0.5) is 0 Å². The van der Waals surface area contributed by atoms with E-state index in [4.69, 9.17) is 23.3 Å². The van der Waals surface area contributed by atoms with E-state index in [1.165, 1.54) is 205 Å². The number of unbranched alkanes of at least 4 members (excludes halogenated alkanes) is 41. The number of esters is 3. The second-order valence-corrected chi connectivity index (χ2v) is 23.0. The molecule has 2 N–H and O–H groups in total. The molecular formula is C62H119O11P. The SMILES string of the molecule is CCCCCCCC/C=C\CCCCCCCCCC(=O)OC(COC(=O)CCCCCCCCCCCCCCCCC)COP(=O)(O)OCC(CO)OC(=O)CCCCCCCCCCCCCCCCC. The smallest absolute Gasteiger partial charge is 0.462 e. The van der Waals surface area contributed by atoms with Crippen LogP contribution in [0, 0.1) is 0 Å². The predicted octanol–water partition coefficient (Wildman–Crippen LogP) is 18.8. The van der Waals surface area contributed by atoms with Crippen molar-refractivity contribution in [3.05, 3.63) is 12.2 Å². The number of aliphatic hydroxyl groups excluding tert-OH is 1. The van der Waals surface area contributed by atoms with E-state index in [9.17, 15) is 28.9 Å². The number of hydrogen-bond donors (Lipinski definition) is 2. The summed E-state index contributed by atoms with van der Waals surface area (Å²) in [5, 5.41) is 9.84. The Hall–Kier alpha value is -1.78. The summed E-state index contributed by atoms with van der Waals surface area (Å²) in [5.41, 5.74) is 0. The van der Waals surface area contributed by atoms with Crippen molar-refractivity contribution < 1.29 is 52.2 Å². The minimum Gasteiger partial charge on any atom is -0.462 e. The molecule has 0 aromatic heterocycles. The monoisotopic (exact) mass is 1070 g/mol. The van der Waals surface area contributed by atoms with Gasteiger partial charge in [-0.2, -0.15) is 0 Å². The third-order valence-corrected chi connectivity index (χ3v) is 15.1. The van der Waals surface area contributed by atoms with Gasteiger partial charge in [-0.1, -0.05) is 277 Å². The maximum atomic E-state index is 12.9. The van der Waals surface area contributed by atoms with Gasteiger partial charge < -0.3 is 24.2 Å². The van der Waals surface area contributed by atoms with Crippen LogP contribution in [0.15, 0.2) is 12.2 Å². The van der Waals surface area contributed by atoms with Crippen LogP contribution in [0.1, 0.15) is 329 Å². The van der Waals surface area contributed by atoms with Crippen molar-refractivity contribution in [1.29, 1.82) is 0 Å². The molecule has 0 saturated heterocycles. The summed E-state index contributed by atoms with van der Waals surface area (Å²) in [6, 6.07) is 0. The standard InChI is InChI=1S/C62H119O11P/c1-4-7-10-13-16-19-22-25-28-29-32-35-38-41-44-47-50-53-62(66)73-59(55-69-60(64)51-48-45-42-39-36-33-30-26-23-20-17-14-11-8-5-2)57-71-74(67,68)70-56-58(54-63)72-61(65)52-49-46-43-40-37-34-31-27-24-21-18-15-12-9-6-3/h25,28,58-59,63H,4-24,26-27,29-57H2,1-3H3,(H,67,68)/b28-25-. The highest BCUT2D eigenvalue weighted by Gasteiger charge is 2.28. The molecule has 0 amide bonds. The van der Waals surface area contributed by atoms with Gasteiger partial charge in [0.15, 0.2) is 6.10 Å². The van der Waals surface area contributed by atoms with Gasteiger partial charge in [-0.15, -0.1) is 0 Å². The first kappa shape index (κ1) is 72.2. The fraction of sp³-hybridized carbons (Fsp3) is 0.919. The number of rotatable bonds is 60. The number of phosphoric ester groups is 1. The molecule has 0 aliphatic rings. The van der Waals surface area contributed by atoms with Gasteiger partial charge in [0.1, 0.15) is 12.7 Å². The van der Waals surface area contributed by atoms with Crippen molar-refractivity contribution >= 4 is 25.7 Å². The van der Waals surface area contributed by atoms with E-state index in [-0.39, 0.29) is 25.9 Å². The highest BCUT2D eigenvalue weighted by atomic mass is 31.2. The number of carbonyl (C=O) groups is 3. The Morgan fingerprint density at radius 2 is 0.622 bits per heavy atom. The zero-order valence-corrected chi connectivity index (χ0v) is 49.5. The Morgan fingerprint density at radius 1 is 0.365 bits per heavy atom. The highest BCUT2D eigenvalue weighted by Crippen LogP contribution is 2.43. The minimum atomic E-state index is -4.74. The molecule has 0 saturated carbocycles. The quantitative estimate of drug-likeness (QED) is 0.0197. The molecule has 0 aromatic rings. The fourth-order valence-electron chi connectivity index (χ4n) is 9.35. The van der Waals surface area contributed by atoms with Crippen molar-refractivity contribution in [1.82, 2.24) is 0 Å². The molecule has 74 heavy (non-hydrogen) atoms. The summed E-state index contributed by atoms with van der Waals surface area (Å²) in [4.78, 5) is 48.7. The lowest BCUT2D eigenvalue weighted by molar-refractivity contribution is -0.161. The van der Waals surface area contributed by atoms with Crippen LogP contribution < -0.4 is 0 Å². The van der Waals surface area contributed by atoms with E-state index in [1.54, 1.807) is 0 Å². The van der Waals surface area contributed by atoms with Gasteiger partial charge in [0, 0.05) is 19.3 Å². The molecule has 12 heteroatoms. The van der Waals surface area contributed by atoms with Gasteiger partial charge >= 0.3 is 25.7 Å². The van der Waals surface area contributed by atoms with Crippen molar-refractivity contribution in [2.45, 2.75) is 341 Å². The Balaban J connectivity index is 4.65. The third kappa shape index (κ3) is 55.0. The first-order chi connectivity index (χ1) is 36.2. The Bertz CT molecular complexity index is 1290. The lowest BCUT2D eigenvalue weighted by Crippen LogP contribution is -2.30. The second-order valence-electron chi connectivity index (χ2n) is 21.6. The van der Waals surface area contributed by atoms with E-state index in [0.717, 1.165) is 64.2 Å². The van der Waals surface area contributed by atoms with Gasteiger partial charge in [0.2, 0.25) is 0 Å². The molecule has 3 atom stereocenters. The maximum absolute atomic E-state index is 12.9. The van der Waals surface area contributed by atoms with Crippen LogP contribution >= 0.6 is 7.82 Å². The lowest BCUT2D eigenvalue weighted by Gasteiger charge is -2.21. The summed E-state index contributed by atoms with van der Waals surface area (Å²) >= 11 is 0. The van der Waals surface area contributed by atoms with Crippen molar-refractivity contribution in [3.8, 4) is 0 Å². The summed E-state index contributed by atoms with van der Waals surface area (Å²) in [6.45, 7) is 4.72. The molecule has 438 valence electrons. The normalized spacial score (nSPS) is 13.3. The van der Waals surface area contributed by atoms with Crippen LogP contribution in [-0.2, 0) is 42.2 Å². The molecule has 0 aliphatic heterocycles. The van der Waals surface area contributed by atoms with E-state index in [0.29, 0.717) is 19.3 Å². The predicted molar refractivity (Wildman–Crippen MR) is 307 cm³/mol. The topological polar surface area (TPSA) is 155 Å². The van der Waals surface area contributed by atoms with Gasteiger partial charge in [-0.25, -0.2) is 4.57 Å². The van der Waals surface area contributed by atoms with Gasteiger partial charge in [-0.05, 0) is 44.9 Å². The molecule has 0 aliphatic carbocycles. The summed E-state index contributed by atoms with van der Waals surface area (Å²) in [6.07, 6.45) is 57.3. The lowest BCUT2D eigenvalue weighted by atomic mass is 10.0. The average molecular weight is 1070 g/mol. The van der Waals surface area contributed by atoms with Gasteiger partial charge in [-0.3, -0.25) is 23.4 Å². The van der Waals surface area contributed by atoms with Crippen LogP contribution in [-0.4, -0.2) is 66.5 Å². The molecular weight excluding hydrogens is 952 g/mol. The second kappa shape index (κ2) is 57.4. The molecule has 0 rings (SSSR count). The number of ether oxygens (including phenoxy) is 3. The number of phosphoric acid groups is 1. The van der Waals surface area contributed by atoms with Crippen molar-refractivity contribution in [2.24, 2.45) is 0 Å². The maximum Gasteiger partial charge on any atom is 0.472 e. The Labute approximate surface area is 456 Å². The first-order valence-electron chi connectivity index (χ1n) is 31.6.